The second-order valence-electron chi connectivity index (χ2n) is 7.81. The number of piperazine rings is 1. The fourth-order valence-electron chi connectivity index (χ4n) is 3.31. The van der Waals surface area contributed by atoms with Crippen molar-refractivity contribution in [3.05, 3.63) is 59.7 Å². The van der Waals surface area contributed by atoms with E-state index in [1.54, 1.807) is 24.3 Å². The first-order valence-corrected chi connectivity index (χ1v) is 11.5. The maximum Gasteiger partial charge on any atom is 0.254 e. The van der Waals surface area contributed by atoms with Gasteiger partial charge in [-0.2, -0.15) is 4.31 Å². The van der Waals surface area contributed by atoms with Crippen molar-refractivity contribution in [1.82, 2.24) is 14.1 Å². The molecular formula is C22H28N4O4S. The number of amides is 2. The highest BCUT2D eigenvalue weighted by molar-refractivity contribution is 7.89. The fraction of sp³-hybridized carbons (Fsp3) is 0.364. The quantitative estimate of drug-likeness (QED) is 0.732. The molecule has 8 nitrogen and oxygen atoms in total. The van der Waals surface area contributed by atoms with E-state index in [0.29, 0.717) is 31.9 Å². The van der Waals surface area contributed by atoms with Crippen LogP contribution in [0, 0.1) is 6.92 Å². The first kappa shape index (κ1) is 22.9. The summed E-state index contributed by atoms with van der Waals surface area (Å²) in [7, 11) is -0.213. The maximum atomic E-state index is 13.0. The van der Waals surface area contributed by atoms with E-state index in [1.807, 2.05) is 26.1 Å². The van der Waals surface area contributed by atoms with Crippen LogP contribution < -0.4 is 5.32 Å². The lowest BCUT2D eigenvalue weighted by molar-refractivity contribution is -0.116. The highest BCUT2D eigenvalue weighted by Gasteiger charge is 2.28. The summed E-state index contributed by atoms with van der Waals surface area (Å²) >= 11 is 0. The highest BCUT2D eigenvalue weighted by atomic mass is 32.2. The van der Waals surface area contributed by atoms with Gasteiger partial charge in [-0.15, -0.1) is 0 Å². The number of aryl methyl sites for hydroxylation is 1. The van der Waals surface area contributed by atoms with Gasteiger partial charge >= 0.3 is 0 Å². The smallest absolute Gasteiger partial charge is 0.254 e. The highest BCUT2D eigenvalue weighted by Crippen LogP contribution is 2.19. The second kappa shape index (κ2) is 9.59. The zero-order valence-corrected chi connectivity index (χ0v) is 18.9. The van der Waals surface area contributed by atoms with Gasteiger partial charge in [-0.3, -0.25) is 9.59 Å². The number of hydrogen-bond acceptors (Lipinski definition) is 5. The van der Waals surface area contributed by atoms with E-state index in [2.05, 4.69) is 10.2 Å². The Balaban J connectivity index is 1.67. The van der Waals surface area contributed by atoms with Crippen molar-refractivity contribution >= 4 is 27.5 Å². The van der Waals surface area contributed by atoms with Crippen molar-refractivity contribution in [1.29, 1.82) is 0 Å². The average Bonchev–Trinajstić information content (AvgIpc) is 2.75. The Labute approximate surface area is 183 Å². The van der Waals surface area contributed by atoms with Gasteiger partial charge in [-0.05, 0) is 44.3 Å². The summed E-state index contributed by atoms with van der Waals surface area (Å²) in [4.78, 5) is 28.5. The first-order chi connectivity index (χ1) is 14.7. The van der Waals surface area contributed by atoms with E-state index < -0.39 is 15.9 Å². The third-order valence-corrected chi connectivity index (χ3v) is 7.14. The van der Waals surface area contributed by atoms with Crippen molar-refractivity contribution in [2.45, 2.75) is 11.8 Å². The molecule has 2 aromatic carbocycles. The third-order valence-electron chi connectivity index (χ3n) is 5.24. The van der Waals surface area contributed by atoms with Gasteiger partial charge in [0.05, 0.1) is 11.4 Å². The largest absolute Gasteiger partial charge is 0.332 e. The maximum absolute atomic E-state index is 13.0. The van der Waals surface area contributed by atoms with E-state index in [9.17, 15) is 18.0 Å². The van der Waals surface area contributed by atoms with E-state index in [0.717, 1.165) is 5.56 Å². The van der Waals surface area contributed by atoms with E-state index in [4.69, 9.17) is 0 Å². The number of nitrogens with zero attached hydrogens (tertiary/aromatic N) is 3. The van der Waals surface area contributed by atoms with Crippen LogP contribution in [0.5, 0.6) is 0 Å². The van der Waals surface area contributed by atoms with Gasteiger partial charge < -0.3 is 15.1 Å². The number of carbonyl (C=O) groups is 2. The van der Waals surface area contributed by atoms with Crippen LogP contribution in [-0.4, -0.2) is 81.2 Å². The van der Waals surface area contributed by atoms with Crippen molar-refractivity contribution in [3.8, 4) is 0 Å². The predicted molar refractivity (Wildman–Crippen MR) is 119 cm³/mol. The molecule has 0 spiro atoms. The molecule has 0 radical (unpaired) electrons. The fourth-order valence-corrected chi connectivity index (χ4v) is 4.78. The molecule has 2 aromatic rings. The van der Waals surface area contributed by atoms with Crippen molar-refractivity contribution in [2.24, 2.45) is 0 Å². The summed E-state index contributed by atoms with van der Waals surface area (Å²) in [6, 6.07) is 13.3. The molecule has 0 atom stereocenters. The summed E-state index contributed by atoms with van der Waals surface area (Å²) in [5, 5.41) is 2.75. The normalized spacial score (nSPS) is 15.5. The second-order valence-corrected chi connectivity index (χ2v) is 9.75. The van der Waals surface area contributed by atoms with Crippen molar-refractivity contribution in [3.63, 3.8) is 0 Å². The Bertz CT molecular complexity index is 1050. The zero-order valence-electron chi connectivity index (χ0n) is 18.0. The SMILES string of the molecule is Cc1ccc(NC(=O)CN(C)C(=O)c2cccc(S(=O)(=O)N3CCN(C)CC3)c2)cc1. The van der Waals surface area contributed by atoms with E-state index in [-0.39, 0.29) is 22.9 Å². The van der Waals surface area contributed by atoms with Crippen LogP contribution in [0.15, 0.2) is 53.4 Å². The molecule has 1 fully saturated rings. The summed E-state index contributed by atoms with van der Waals surface area (Å²) < 4.78 is 27.4. The topological polar surface area (TPSA) is 90.0 Å². The lowest BCUT2D eigenvalue weighted by atomic mass is 10.2. The first-order valence-electron chi connectivity index (χ1n) is 10.1. The molecule has 1 aliphatic rings. The number of hydrogen-bond donors (Lipinski definition) is 1. The molecule has 0 unspecified atom stereocenters. The Morgan fingerprint density at radius 2 is 1.68 bits per heavy atom. The molecule has 166 valence electrons. The molecule has 0 aromatic heterocycles. The van der Waals surface area contributed by atoms with Crippen LogP contribution in [0.3, 0.4) is 0 Å². The van der Waals surface area contributed by atoms with Gasteiger partial charge in [0.25, 0.3) is 5.91 Å². The Morgan fingerprint density at radius 1 is 1.03 bits per heavy atom. The lowest BCUT2D eigenvalue weighted by Gasteiger charge is -2.31. The third kappa shape index (κ3) is 5.69. The Kier molecular flexibility index (Phi) is 7.09. The number of likely N-dealkylation sites (N-methyl/N-ethyl adjacent to an activating group) is 2. The Hall–Kier alpha value is -2.75. The molecule has 9 heteroatoms. The molecule has 31 heavy (non-hydrogen) atoms. The molecule has 1 aliphatic heterocycles. The van der Waals surface area contributed by atoms with Gasteiger partial charge in [0, 0.05) is 44.5 Å². The number of sulfonamides is 1. The number of benzene rings is 2. The summed E-state index contributed by atoms with van der Waals surface area (Å²) in [6.07, 6.45) is 0. The van der Waals surface area contributed by atoms with Crippen LogP contribution in [0.1, 0.15) is 15.9 Å². The van der Waals surface area contributed by atoms with Crippen LogP contribution in [0.2, 0.25) is 0 Å². The molecule has 3 rings (SSSR count). The van der Waals surface area contributed by atoms with E-state index in [1.165, 1.54) is 28.4 Å². The molecule has 0 saturated carbocycles. The number of carbonyl (C=O) groups excluding carboxylic acids is 2. The molecule has 0 bridgehead atoms. The van der Waals surface area contributed by atoms with Gasteiger partial charge in [0.2, 0.25) is 15.9 Å². The van der Waals surface area contributed by atoms with Gasteiger partial charge in [-0.1, -0.05) is 23.8 Å². The Morgan fingerprint density at radius 3 is 2.32 bits per heavy atom. The number of anilines is 1. The summed E-state index contributed by atoms with van der Waals surface area (Å²) in [5.41, 5.74) is 1.95. The molecule has 1 saturated heterocycles. The molecule has 1 heterocycles. The standard InChI is InChI=1S/C22H28N4O4S/c1-17-7-9-19(10-8-17)23-21(27)16-25(3)22(28)18-5-4-6-20(15-18)31(29,30)26-13-11-24(2)12-14-26/h4-10,15H,11-14,16H2,1-3H3,(H,23,27). The number of rotatable bonds is 6. The minimum absolute atomic E-state index is 0.0837. The molecule has 0 aliphatic carbocycles. The minimum Gasteiger partial charge on any atom is -0.332 e. The van der Waals surface area contributed by atoms with Crippen LogP contribution >= 0.6 is 0 Å². The molecule has 2 amide bonds. The van der Waals surface area contributed by atoms with Crippen LogP contribution in [0.4, 0.5) is 5.69 Å². The van der Waals surface area contributed by atoms with Crippen molar-refractivity contribution < 1.29 is 18.0 Å². The number of nitrogens with one attached hydrogen (secondary N) is 1. The zero-order chi connectivity index (χ0) is 22.6. The lowest BCUT2D eigenvalue weighted by Crippen LogP contribution is -2.47. The monoisotopic (exact) mass is 444 g/mol. The minimum atomic E-state index is -3.68. The van der Waals surface area contributed by atoms with E-state index >= 15 is 0 Å². The van der Waals surface area contributed by atoms with Gasteiger partial charge in [0.15, 0.2) is 0 Å². The molecule has 1 N–H and O–H groups in total. The van der Waals surface area contributed by atoms with Crippen molar-refractivity contribution in [2.75, 3.05) is 52.1 Å². The summed E-state index contributed by atoms with van der Waals surface area (Å²) in [6.45, 7) is 3.96. The predicted octanol–water partition coefficient (Wildman–Crippen LogP) is 1.64. The van der Waals surface area contributed by atoms with Gasteiger partial charge in [-0.25, -0.2) is 8.42 Å². The van der Waals surface area contributed by atoms with Crippen LogP contribution in [0.25, 0.3) is 0 Å². The van der Waals surface area contributed by atoms with Crippen LogP contribution in [-0.2, 0) is 14.8 Å². The summed E-state index contributed by atoms with van der Waals surface area (Å²) in [5.74, 6) is -0.754. The van der Waals surface area contributed by atoms with Gasteiger partial charge in [0.1, 0.15) is 0 Å². The molecular weight excluding hydrogens is 416 g/mol. The average molecular weight is 445 g/mol.